The highest BCUT2D eigenvalue weighted by Gasteiger charge is 2.26. The van der Waals surface area contributed by atoms with Crippen LogP contribution >= 0.6 is 0 Å². The molecule has 1 N–H and O–H groups in total. The SMILES string of the molecule is Cc1cc(C)nc(Nc2nccnc2C2CCN(C(=O)C=Cc3ccccc3)CC2)n1. The van der Waals surface area contributed by atoms with E-state index >= 15 is 0 Å². The maximum atomic E-state index is 12.6. The van der Waals surface area contributed by atoms with Crippen LogP contribution in [0.2, 0.25) is 0 Å². The van der Waals surface area contributed by atoms with Gasteiger partial charge in [0.25, 0.3) is 0 Å². The van der Waals surface area contributed by atoms with Crippen molar-refractivity contribution in [3.8, 4) is 0 Å². The second kappa shape index (κ2) is 9.47. The zero-order valence-corrected chi connectivity index (χ0v) is 17.8. The van der Waals surface area contributed by atoms with Gasteiger partial charge in [0.2, 0.25) is 11.9 Å². The number of nitrogens with zero attached hydrogens (tertiary/aromatic N) is 5. The number of hydrogen-bond acceptors (Lipinski definition) is 6. The highest BCUT2D eigenvalue weighted by atomic mass is 16.2. The van der Waals surface area contributed by atoms with Gasteiger partial charge in [0.1, 0.15) is 0 Å². The number of hydrogen-bond donors (Lipinski definition) is 1. The molecule has 0 spiro atoms. The molecule has 0 aliphatic carbocycles. The summed E-state index contributed by atoms with van der Waals surface area (Å²) in [4.78, 5) is 32.4. The summed E-state index contributed by atoms with van der Waals surface area (Å²) in [5, 5.41) is 3.24. The minimum atomic E-state index is 0.0448. The normalized spacial score (nSPS) is 14.7. The summed E-state index contributed by atoms with van der Waals surface area (Å²) in [6.45, 7) is 5.27. The van der Waals surface area contributed by atoms with Crippen molar-refractivity contribution in [2.24, 2.45) is 0 Å². The molecule has 2 aromatic heterocycles. The van der Waals surface area contributed by atoms with E-state index in [4.69, 9.17) is 0 Å². The first-order chi connectivity index (χ1) is 15.1. The number of aromatic nitrogens is 4. The predicted octanol–water partition coefficient (Wildman–Crippen LogP) is 4.05. The molecule has 0 radical (unpaired) electrons. The van der Waals surface area contributed by atoms with Gasteiger partial charge in [-0.15, -0.1) is 0 Å². The zero-order valence-electron chi connectivity index (χ0n) is 17.8. The van der Waals surface area contributed by atoms with Crippen LogP contribution in [0.3, 0.4) is 0 Å². The van der Waals surface area contributed by atoms with Gasteiger partial charge in [-0.2, -0.15) is 0 Å². The number of rotatable bonds is 5. The standard InChI is InChI=1S/C24H26N6O/c1-17-16-18(2)28-24(27-17)29-23-22(25-12-13-26-23)20-10-14-30(15-11-20)21(31)9-8-19-6-4-3-5-7-19/h3-9,12-13,16,20H,10-11,14-15H2,1-2H3,(H,26,27,28,29). The molecular formula is C24H26N6O. The van der Waals surface area contributed by atoms with E-state index in [9.17, 15) is 4.79 Å². The Morgan fingerprint density at radius 3 is 2.42 bits per heavy atom. The Balaban J connectivity index is 1.41. The number of amides is 1. The van der Waals surface area contributed by atoms with E-state index in [1.54, 1.807) is 18.5 Å². The molecule has 7 heteroatoms. The third-order valence-electron chi connectivity index (χ3n) is 5.35. The topological polar surface area (TPSA) is 83.9 Å². The van der Waals surface area contributed by atoms with Gasteiger partial charge >= 0.3 is 0 Å². The van der Waals surface area contributed by atoms with Crippen molar-refractivity contribution in [3.63, 3.8) is 0 Å². The van der Waals surface area contributed by atoms with Crippen molar-refractivity contribution in [3.05, 3.63) is 77.5 Å². The van der Waals surface area contributed by atoms with Crippen LogP contribution in [-0.4, -0.2) is 43.8 Å². The van der Waals surface area contributed by atoms with Crippen LogP contribution < -0.4 is 5.32 Å². The Bertz CT molecular complexity index is 1050. The lowest BCUT2D eigenvalue weighted by molar-refractivity contribution is -0.126. The predicted molar refractivity (Wildman–Crippen MR) is 121 cm³/mol. The third kappa shape index (κ3) is 5.31. The summed E-state index contributed by atoms with van der Waals surface area (Å²) in [5.74, 6) is 1.48. The van der Waals surface area contributed by atoms with E-state index in [-0.39, 0.29) is 11.8 Å². The molecule has 1 aromatic carbocycles. The number of carbonyl (C=O) groups excluding carboxylic acids is 1. The van der Waals surface area contributed by atoms with Gasteiger partial charge in [-0.3, -0.25) is 9.78 Å². The summed E-state index contributed by atoms with van der Waals surface area (Å²) in [6, 6.07) is 11.8. The summed E-state index contributed by atoms with van der Waals surface area (Å²) < 4.78 is 0. The van der Waals surface area contributed by atoms with Crippen LogP contribution in [0.25, 0.3) is 6.08 Å². The van der Waals surface area contributed by atoms with E-state index in [0.29, 0.717) is 24.9 Å². The van der Waals surface area contributed by atoms with Crippen molar-refractivity contribution in [1.82, 2.24) is 24.8 Å². The Morgan fingerprint density at radius 1 is 1.03 bits per heavy atom. The number of aryl methyl sites for hydroxylation is 2. The first-order valence-corrected chi connectivity index (χ1v) is 10.5. The van der Waals surface area contributed by atoms with Gasteiger partial charge in [0, 0.05) is 48.9 Å². The minimum absolute atomic E-state index is 0.0448. The Kier molecular flexibility index (Phi) is 6.31. The number of likely N-dealkylation sites (tertiary alicyclic amines) is 1. The summed E-state index contributed by atoms with van der Waals surface area (Å²) >= 11 is 0. The largest absolute Gasteiger partial charge is 0.339 e. The lowest BCUT2D eigenvalue weighted by Crippen LogP contribution is -2.37. The van der Waals surface area contributed by atoms with E-state index in [0.717, 1.165) is 35.5 Å². The number of anilines is 2. The van der Waals surface area contributed by atoms with E-state index in [2.05, 4.69) is 25.3 Å². The van der Waals surface area contributed by atoms with Crippen molar-refractivity contribution in [2.75, 3.05) is 18.4 Å². The number of carbonyl (C=O) groups is 1. The van der Waals surface area contributed by atoms with E-state index < -0.39 is 0 Å². The molecule has 1 aliphatic rings. The average Bonchev–Trinajstić information content (AvgIpc) is 2.78. The maximum absolute atomic E-state index is 12.6. The number of benzene rings is 1. The second-order valence-electron chi connectivity index (χ2n) is 7.73. The molecule has 31 heavy (non-hydrogen) atoms. The molecular weight excluding hydrogens is 388 g/mol. The smallest absolute Gasteiger partial charge is 0.246 e. The molecule has 0 unspecified atom stereocenters. The van der Waals surface area contributed by atoms with Gasteiger partial charge in [0.05, 0.1) is 5.69 Å². The molecule has 1 saturated heterocycles. The van der Waals surface area contributed by atoms with E-state index in [1.807, 2.05) is 61.2 Å². The van der Waals surface area contributed by atoms with Gasteiger partial charge in [-0.1, -0.05) is 30.3 Å². The maximum Gasteiger partial charge on any atom is 0.246 e. The van der Waals surface area contributed by atoms with Crippen LogP contribution in [0.1, 0.15) is 41.4 Å². The monoisotopic (exact) mass is 414 g/mol. The molecule has 1 amide bonds. The molecule has 0 saturated carbocycles. The molecule has 0 bridgehead atoms. The fraction of sp³-hybridized carbons (Fsp3) is 0.292. The first-order valence-electron chi connectivity index (χ1n) is 10.5. The van der Waals surface area contributed by atoms with Gasteiger partial charge in [-0.25, -0.2) is 15.0 Å². The molecule has 3 heterocycles. The fourth-order valence-electron chi connectivity index (χ4n) is 3.84. The van der Waals surface area contributed by atoms with Crippen LogP contribution in [0.4, 0.5) is 11.8 Å². The lowest BCUT2D eigenvalue weighted by atomic mass is 9.93. The summed E-state index contributed by atoms with van der Waals surface area (Å²) in [5.41, 5.74) is 3.72. The Morgan fingerprint density at radius 2 is 1.71 bits per heavy atom. The third-order valence-corrected chi connectivity index (χ3v) is 5.35. The van der Waals surface area contributed by atoms with Crippen molar-refractivity contribution in [2.45, 2.75) is 32.6 Å². The molecule has 1 fully saturated rings. The average molecular weight is 415 g/mol. The fourth-order valence-corrected chi connectivity index (χ4v) is 3.84. The summed E-state index contributed by atoms with van der Waals surface area (Å²) in [6.07, 6.45) is 8.58. The molecule has 4 rings (SSSR count). The second-order valence-corrected chi connectivity index (χ2v) is 7.73. The van der Waals surface area contributed by atoms with Crippen LogP contribution in [0.15, 0.2) is 54.9 Å². The van der Waals surface area contributed by atoms with Crippen LogP contribution in [-0.2, 0) is 4.79 Å². The molecule has 7 nitrogen and oxygen atoms in total. The lowest BCUT2D eigenvalue weighted by Gasteiger charge is -2.31. The quantitative estimate of drug-likeness (QED) is 0.634. The van der Waals surface area contributed by atoms with Crippen molar-refractivity contribution < 1.29 is 4.79 Å². The molecule has 158 valence electrons. The Hall–Kier alpha value is -3.61. The van der Waals surface area contributed by atoms with Gasteiger partial charge in [-0.05, 0) is 44.4 Å². The number of piperidine rings is 1. The minimum Gasteiger partial charge on any atom is -0.339 e. The van der Waals surface area contributed by atoms with Crippen LogP contribution in [0.5, 0.6) is 0 Å². The molecule has 1 aliphatic heterocycles. The van der Waals surface area contributed by atoms with Gasteiger partial charge in [0.15, 0.2) is 5.82 Å². The molecule has 3 aromatic rings. The number of nitrogens with one attached hydrogen (secondary N) is 1. The van der Waals surface area contributed by atoms with E-state index in [1.165, 1.54) is 0 Å². The first kappa shape index (κ1) is 20.7. The zero-order chi connectivity index (χ0) is 21.6. The van der Waals surface area contributed by atoms with Crippen LogP contribution in [0, 0.1) is 13.8 Å². The van der Waals surface area contributed by atoms with Crippen molar-refractivity contribution in [1.29, 1.82) is 0 Å². The summed E-state index contributed by atoms with van der Waals surface area (Å²) in [7, 11) is 0. The van der Waals surface area contributed by atoms with Crippen molar-refractivity contribution >= 4 is 23.7 Å². The highest BCUT2D eigenvalue weighted by Crippen LogP contribution is 2.31. The Labute approximate surface area is 182 Å². The highest BCUT2D eigenvalue weighted by molar-refractivity contribution is 5.91. The molecule has 0 atom stereocenters. The van der Waals surface area contributed by atoms with Gasteiger partial charge < -0.3 is 10.2 Å².